The van der Waals surface area contributed by atoms with Gasteiger partial charge < -0.3 is 24.8 Å². The predicted molar refractivity (Wildman–Crippen MR) is 110 cm³/mol. The standard InChI is InChI=1S/C22H25N3O6/c1-14(31-22(28)29-13-16-8-4-3-5-9-16)18-19(25-20(18)26)15(2)30-21(27)24-12-17-10-6-7-11-23-17/h3-11,14-15,18-19H,12-13H2,1-2H3,(H,24,27)(H,25,26)/t14-,15+,18-,19-/m1/s1. The van der Waals surface area contributed by atoms with Crippen molar-refractivity contribution in [2.75, 3.05) is 0 Å². The molecule has 31 heavy (non-hydrogen) atoms. The average molecular weight is 427 g/mol. The van der Waals surface area contributed by atoms with E-state index in [1.165, 1.54) is 0 Å². The summed E-state index contributed by atoms with van der Waals surface area (Å²) in [5.41, 5.74) is 1.52. The van der Waals surface area contributed by atoms with E-state index in [0.29, 0.717) is 5.69 Å². The van der Waals surface area contributed by atoms with E-state index in [-0.39, 0.29) is 19.1 Å². The molecule has 0 spiro atoms. The highest BCUT2D eigenvalue weighted by molar-refractivity contribution is 5.87. The van der Waals surface area contributed by atoms with E-state index in [0.717, 1.165) is 5.56 Å². The minimum absolute atomic E-state index is 0.0721. The number of rotatable bonds is 8. The molecule has 0 aliphatic carbocycles. The average Bonchev–Trinajstić information content (AvgIpc) is 2.75. The topological polar surface area (TPSA) is 116 Å². The highest BCUT2D eigenvalue weighted by Gasteiger charge is 2.48. The highest BCUT2D eigenvalue weighted by Crippen LogP contribution is 2.26. The Morgan fingerprint density at radius 2 is 1.81 bits per heavy atom. The number of benzene rings is 1. The number of nitrogens with zero attached hydrogens (tertiary/aromatic N) is 1. The number of hydrogen-bond donors (Lipinski definition) is 2. The molecular weight excluding hydrogens is 402 g/mol. The molecule has 1 fully saturated rings. The van der Waals surface area contributed by atoms with Crippen molar-refractivity contribution in [1.82, 2.24) is 15.6 Å². The van der Waals surface area contributed by atoms with Crippen molar-refractivity contribution < 1.29 is 28.6 Å². The van der Waals surface area contributed by atoms with Gasteiger partial charge in [0.1, 0.15) is 18.8 Å². The number of hydrogen-bond acceptors (Lipinski definition) is 7. The summed E-state index contributed by atoms with van der Waals surface area (Å²) in [5.74, 6) is -0.930. The van der Waals surface area contributed by atoms with Crippen LogP contribution in [-0.4, -0.2) is 41.4 Å². The molecule has 2 heterocycles. The first-order chi connectivity index (χ1) is 14.9. The van der Waals surface area contributed by atoms with Gasteiger partial charge in [-0.05, 0) is 31.5 Å². The number of ether oxygens (including phenoxy) is 3. The van der Waals surface area contributed by atoms with Crippen molar-refractivity contribution in [3.8, 4) is 0 Å². The van der Waals surface area contributed by atoms with Crippen molar-refractivity contribution >= 4 is 18.2 Å². The van der Waals surface area contributed by atoms with Crippen LogP contribution >= 0.6 is 0 Å². The van der Waals surface area contributed by atoms with E-state index in [1.54, 1.807) is 32.2 Å². The number of nitrogens with one attached hydrogen (secondary N) is 2. The Labute approximate surface area is 180 Å². The number of aromatic nitrogens is 1. The van der Waals surface area contributed by atoms with Crippen LogP contribution in [-0.2, 0) is 32.2 Å². The maximum absolute atomic E-state index is 12.0. The van der Waals surface area contributed by atoms with E-state index in [9.17, 15) is 14.4 Å². The second-order valence-electron chi connectivity index (χ2n) is 7.19. The molecular formula is C22H25N3O6. The first-order valence-electron chi connectivity index (χ1n) is 9.96. The summed E-state index contributed by atoms with van der Waals surface area (Å²) < 4.78 is 15.7. The quantitative estimate of drug-likeness (QED) is 0.491. The van der Waals surface area contributed by atoms with E-state index in [1.807, 2.05) is 36.4 Å². The monoisotopic (exact) mass is 427 g/mol. The second kappa shape index (κ2) is 10.4. The van der Waals surface area contributed by atoms with Gasteiger partial charge in [0.2, 0.25) is 5.91 Å². The maximum atomic E-state index is 12.0. The first-order valence-corrected chi connectivity index (χ1v) is 9.96. The Kier molecular flexibility index (Phi) is 7.42. The zero-order valence-corrected chi connectivity index (χ0v) is 17.3. The molecule has 1 aliphatic rings. The SMILES string of the molecule is C[C@H](OC(=O)NCc1ccccn1)[C@H]1NC(=O)[C@@H]1[C@@H](C)OC(=O)OCc1ccccc1. The highest BCUT2D eigenvalue weighted by atomic mass is 16.7. The van der Waals surface area contributed by atoms with Crippen LogP contribution in [0.5, 0.6) is 0 Å². The van der Waals surface area contributed by atoms with Gasteiger partial charge in [-0.3, -0.25) is 9.78 Å². The Morgan fingerprint density at radius 1 is 1.06 bits per heavy atom. The molecule has 1 aromatic heterocycles. The number of carbonyl (C=O) groups excluding carboxylic acids is 3. The summed E-state index contributed by atoms with van der Waals surface area (Å²) in [7, 11) is 0. The number of carbonyl (C=O) groups is 3. The van der Waals surface area contributed by atoms with Crippen LogP contribution in [0.3, 0.4) is 0 Å². The van der Waals surface area contributed by atoms with Crippen LogP contribution in [0.25, 0.3) is 0 Å². The first kappa shape index (κ1) is 22.1. The van der Waals surface area contributed by atoms with Crippen LogP contribution in [0.2, 0.25) is 0 Å². The van der Waals surface area contributed by atoms with Crippen molar-refractivity contribution in [2.45, 2.75) is 45.2 Å². The summed E-state index contributed by atoms with van der Waals surface area (Å²) in [6.45, 7) is 3.56. The molecule has 0 unspecified atom stereocenters. The molecule has 1 aliphatic heterocycles. The zero-order chi connectivity index (χ0) is 22.2. The number of alkyl carbamates (subject to hydrolysis) is 1. The van der Waals surface area contributed by atoms with Gasteiger partial charge in [-0.2, -0.15) is 0 Å². The van der Waals surface area contributed by atoms with Crippen LogP contribution < -0.4 is 10.6 Å². The van der Waals surface area contributed by atoms with Gasteiger partial charge >= 0.3 is 12.2 Å². The third-order valence-electron chi connectivity index (χ3n) is 4.92. The minimum Gasteiger partial charge on any atom is -0.444 e. The van der Waals surface area contributed by atoms with Crippen LogP contribution in [0.1, 0.15) is 25.1 Å². The van der Waals surface area contributed by atoms with Gasteiger partial charge in [0.25, 0.3) is 0 Å². The van der Waals surface area contributed by atoms with E-state index >= 15 is 0 Å². The van der Waals surface area contributed by atoms with Gasteiger partial charge in [-0.1, -0.05) is 36.4 Å². The normalized spacial score (nSPS) is 19.2. The minimum atomic E-state index is -0.864. The maximum Gasteiger partial charge on any atom is 0.508 e. The Balaban J connectivity index is 1.44. The number of pyridine rings is 1. The van der Waals surface area contributed by atoms with Gasteiger partial charge in [0, 0.05) is 6.20 Å². The summed E-state index contributed by atoms with van der Waals surface area (Å²) >= 11 is 0. The van der Waals surface area contributed by atoms with E-state index in [4.69, 9.17) is 14.2 Å². The second-order valence-corrected chi connectivity index (χ2v) is 7.19. The fourth-order valence-corrected chi connectivity index (χ4v) is 3.26. The molecule has 9 heteroatoms. The van der Waals surface area contributed by atoms with Gasteiger partial charge in [-0.25, -0.2) is 9.59 Å². The molecule has 0 saturated carbocycles. The van der Waals surface area contributed by atoms with E-state index < -0.39 is 36.4 Å². The molecule has 1 saturated heterocycles. The molecule has 1 aromatic carbocycles. The summed E-state index contributed by atoms with van der Waals surface area (Å²) in [4.78, 5) is 40.2. The summed E-state index contributed by atoms with van der Waals surface area (Å²) in [6.07, 6.45) is -1.24. The lowest BCUT2D eigenvalue weighted by molar-refractivity contribution is -0.146. The molecule has 0 radical (unpaired) electrons. The summed E-state index contributed by atoms with van der Waals surface area (Å²) in [6, 6.07) is 14.1. The lowest BCUT2D eigenvalue weighted by atomic mass is 9.83. The van der Waals surface area contributed by atoms with Crippen molar-refractivity contribution in [2.24, 2.45) is 5.92 Å². The molecule has 9 nitrogen and oxygen atoms in total. The van der Waals surface area contributed by atoms with Crippen molar-refractivity contribution in [3.05, 3.63) is 66.0 Å². The number of amides is 2. The molecule has 2 aromatic rings. The van der Waals surface area contributed by atoms with Gasteiger partial charge in [-0.15, -0.1) is 0 Å². The van der Waals surface area contributed by atoms with Crippen LogP contribution in [0, 0.1) is 5.92 Å². The predicted octanol–water partition coefficient (Wildman–Crippen LogP) is 2.55. The third-order valence-corrected chi connectivity index (χ3v) is 4.92. The number of β-lactam (4-membered cyclic amide) rings is 1. The Bertz CT molecular complexity index is 893. The third kappa shape index (κ3) is 6.18. The Morgan fingerprint density at radius 3 is 2.48 bits per heavy atom. The van der Waals surface area contributed by atoms with Crippen molar-refractivity contribution in [3.63, 3.8) is 0 Å². The lowest BCUT2D eigenvalue weighted by Crippen LogP contribution is -2.67. The van der Waals surface area contributed by atoms with Gasteiger partial charge in [0.05, 0.1) is 24.2 Å². The molecule has 2 N–H and O–H groups in total. The fourth-order valence-electron chi connectivity index (χ4n) is 3.26. The fraction of sp³-hybridized carbons (Fsp3) is 0.364. The molecule has 0 bridgehead atoms. The smallest absolute Gasteiger partial charge is 0.444 e. The lowest BCUT2D eigenvalue weighted by Gasteiger charge is -2.42. The molecule has 3 rings (SSSR count). The van der Waals surface area contributed by atoms with Crippen LogP contribution in [0.4, 0.5) is 9.59 Å². The van der Waals surface area contributed by atoms with Crippen molar-refractivity contribution in [1.29, 1.82) is 0 Å². The van der Waals surface area contributed by atoms with E-state index in [2.05, 4.69) is 15.6 Å². The largest absolute Gasteiger partial charge is 0.508 e. The molecule has 164 valence electrons. The Hall–Kier alpha value is -3.62. The zero-order valence-electron chi connectivity index (χ0n) is 17.3. The molecule has 4 atom stereocenters. The molecule has 2 amide bonds. The van der Waals surface area contributed by atoms with Crippen LogP contribution in [0.15, 0.2) is 54.7 Å². The summed E-state index contributed by atoms with van der Waals surface area (Å²) in [5, 5.41) is 5.31. The van der Waals surface area contributed by atoms with Gasteiger partial charge in [0.15, 0.2) is 0 Å².